The minimum Gasteiger partial charge on any atom is -0.476 e. The molecule has 0 saturated carbocycles. The van der Waals surface area contributed by atoms with Gasteiger partial charge < -0.3 is 15.8 Å². The highest BCUT2D eigenvalue weighted by atomic mass is 16.5. The Morgan fingerprint density at radius 3 is 2.76 bits per heavy atom. The summed E-state index contributed by atoms with van der Waals surface area (Å²) in [7, 11) is 1.66. The predicted molar refractivity (Wildman–Crippen MR) is 66.5 cm³/mol. The maximum absolute atomic E-state index is 10.6. The molecule has 0 radical (unpaired) electrons. The lowest BCUT2D eigenvalue weighted by Gasteiger charge is -2.09. The van der Waals surface area contributed by atoms with E-state index in [1.54, 1.807) is 7.05 Å². The molecule has 0 bridgehead atoms. The SMILES string of the molecule is CCCCCOc1nc(NC)nc(N)c1N=O. The minimum atomic E-state index is -0.0412. The Bertz CT molecular complexity index is 383. The van der Waals surface area contributed by atoms with E-state index in [1.165, 1.54) is 0 Å². The van der Waals surface area contributed by atoms with E-state index < -0.39 is 0 Å². The fourth-order valence-electron chi connectivity index (χ4n) is 1.27. The van der Waals surface area contributed by atoms with E-state index >= 15 is 0 Å². The zero-order chi connectivity index (χ0) is 12.7. The molecule has 0 aliphatic rings. The number of nitrogen functional groups attached to an aromatic ring is 1. The monoisotopic (exact) mass is 239 g/mol. The summed E-state index contributed by atoms with van der Waals surface area (Å²) in [6.07, 6.45) is 3.05. The van der Waals surface area contributed by atoms with Crippen molar-refractivity contribution in [1.82, 2.24) is 9.97 Å². The third-order valence-electron chi connectivity index (χ3n) is 2.18. The molecule has 0 unspecified atom stereocenters. The Kier molecular flexibility index (Phi) is 5.12. The second kappa shape index (κ2) is 6.62. The Hall–Kier alpha value is -1.92. The number of unbranched alkanes of at least 4 members (excludes halogenated alkanes) is 2. The lowest BCUT2D eigenvalue weighted by Crippen LogP contribution is -2.05. The minimum absolute atomic E-state index is 0.0184. The summed E-state index contributed by atoms with van der Waals surface area (Å²) >= 11 is 0. The molecule has 0 fully saturated rings. The molecule has 1 aromatic rings. The molecule has 0 atom stereocenters. The van der Waals surface area contributed by atoms with Crippen molar-refractivity contribution in [2.45, 2.75) is 26.2 Å². The van der Waals surface area contributed by atoms with Crippen molar-refractivity contribution in [2.24, 2.45) is 5.18 Å². The van der Waals surface area contributed by atoms with Gasteiger partial charge in [-0.25, -0.2) is 0 Å². The van der Waals surface area contributed by atoms with Gasteiger partial charge >= 0.3 is 0 Å². The number of nitrogens with one attached hydrogen (secondary N) is 1. The number of anilines is 2. The van der Waals surface area contributed by atoms with E-state index in [1.807, 2.05) is 0 Å². The van der Waals surface area contributed by atoms with Crippen molar-refractivity contribution < 1.29 is 4.74 Å². The van der Waals surface area contributed by atoms with Gasteiger partial charge in [0.2, 0.25) is 11.6 Å². The highest BCUT2D eigenvalue weighted by Gasteiger charge is 2.14. The molecule has 0 aliphatic heterocycles. The van der Waals surface area contributed by atoms with Crippen molar-refractivity contribution in [2.75, 3.05) is 24.7 Å². The number of nitroso groups, excluding NO2 is 1. The molecule has 0 saturated heterocycles. The van der Waals surface area contributed by atoms with E-state index in [9.17, 15) is 4.91 Å². The topological polar surface area (TPSA) is 102 Å². The first-order chi connectivity index (χ1) is 8.22. The Labute approximate surface area is 99.8 Å². The summed E-state index contributed by atoms with van der Waals surface area (Å²) in [4.78, 5) is 18.5. The van der Waals surface area contributed by atoms with Crippen LogP contribution >= 0.6 is 0 Å². The number of hydrogen-bond donors (Lipinski definition) is 2. The van der Waals surface area contributed by atoms with Gasteiger partial charge in [-0.15, -0.1) is 4.91 Å². The molecule has 1 aromatic heterocycles. The molecule has 0 aromatic carbocycles. The van der Waals surface area contributed by atoms with E-state index in [4.69, 9.17) is 10.5 Å². The molecular formula is C10H17N5O2. The summed E-state index contributed by atoms with van der Waals surface area (Å²) in [5.41, 5.74) is 5.53. The van der Waals surface area contributed by atoms with Gasteiger partial charge in [-0.3, -0.25) is 0 Å². The van der Waals surface area contributed by atoms with Crippen LogP contribution in [0.2, 0.25) is 0 Å². The number of hydrogen-bond acceptors (Lipinski definition) is 7. The molecule has 1 rings (SSSR count). The van der Waals surface area contributed by atoms with Gasteiger partial charge in [0.15, 0.2) is 5.82 Å². The van der Waals surface area contributed by atoms with Gasteiger partial charge in [0.05, 0.1) is 6.61 Å². The first-order valence-electron chi connectivity index (χ1n) is 5.54. The normalized spacial score (nSPS) is 10.0. The third kappa shape index (κ3) is 3.54. The highest BCUT2D eigenvalue weighted by molar-refractivity contribution is 5.65. The average molecular weight is 239 g/mol. The lowest BCUT2D eigenvalue weighted by molar-refractivity contribution is 0.296. The molecule has 3 N–H and O–H groups in total. The Morgan fingerprint density at radius 1 is 1.41 bits per heavy atom. The van der Waals surface area contributed by atoms with Crippen LogP contribution in [0.3, 0.4) is 0 Å². The second-order valence-electron chi connectivity index (χ2n) is 3.48. The number of ether oxygens (including phenoxy) is 1. The summed E-state index contributed by atoms with van der Waals surface area (Å²) in [6, 6.07) is 0. The fraction of sp³-hybridized carbons (Fsp3) is 0.600. The van der Waals surface area contributed by atoms with Gasteiger partial charge in [0.25, 0.3) is 5.88 Å². The number of nitrogens with two attached hydrogens (primary N) is 1. The molecule has 0 aliphatic carbocycles. The van der Waals surface area contributed by atoms with Crippen molar-refractivity contribution in [3.05, 3.63) is 4.91 Å². The molecular weight excluding hydrogens is 222 g/mol. The van der Waals surface area contributed by atoms with Gasteiger partial charge in [-0.05, 0) is 11.6 Å². The van der Waals surface area contributed by atoms with Crippen LogP contribution in [-0.2, 0) is 0 Å². The number of nitrogens with zero attached hydrogens (tertiary/aromatic N) is 3. The Morgan fingerprint density at radius 2 is 2.18 bits per heavy atom. The van der Waals surface area contributed by atoms with Gasteiger partial charge in [0.1, 0.15) is 0 Å². The third-order valence-corrected chi connectivity index (χ3v) is 2.18. The first kappa shape index (κ1) is 13.1. The second-order valence-corrected chi connectivity index (χ2v) is 3.48. The molecule has 7 heteroatoms. The maximum Gasteiger partial charge on any atom is 0.250 e. The smallest absolute Gasteiger partial charge is 0.250 e. The molecule has 94 valence electrons. The van der Waals surface area contributed by atoms with Crippen LogP contribution in [0.5, 0.6) is 5.88 Å². The van der Waals surface area contributed by atoms with E-state index in [0.29, 0.717) is 12.6 Å². The van der Waals surface area contributed by atoms with Crippen LogP contribution in [0, 0.1) is 4.91 Å². The largest absolute Gasteiger partial charge is 0.476 e. The first-order valence-corrected chi connectivity index (χ1v) is 5.54. The number of aromatic nitrogens is 2. The molecule has 0 amide bonds. The summed E-state index contributed by atoms with van der Waals surface area (Å²) < 4.78 is 5.39. The Balaban J connectivity index is 2.80. The molecule has 7 nitrogen and oxygen atoms in total. The summed E-state index contributed by atoms with van der Waals surface area (Å²) in [5, 5.41) is 5.53. The maximum atomic E-state index is 10.6. The molecule has 17 heavy (non-hydrogen) atoms. The molecule has 1 heterocycles. The van der Waals surface area contributed by atoms with Gasteiger partial charge in [0, 0.05) is 7.05 Å². The lowest BCUT2D eigenvalue weighted by atomic mass is 10.3. The quantitative estimate of drug-likeness (QED) is 0.557. The van der Waals surface area contributed by atoms with Crippen LogP contribution in [0.15, 0.2) is 5.18 Å². The number of rotatable bonds is 7. The van der Waals surface area contributed by atoms with Crippen LogP contribution < -0.4 is 15.8 Å². The fourth-order valence-corrected chi connectivity index (χ4v) is 1.27. The van der Waals surface area contributed by atoms with E-state index in [-0.39, 0.29) is 17.4 Å². The summed E-state index contributed by atoms with van der Waals surface area (Å²) in [6.45, 7) is 2.58. The zero-order valence-electron chi connectivity index (χ0n) is 10.1. The van der Waals surface area contributed by atoms with Crippen molar-refractivity contribution in [3.63, 3.8) is 0 Å². The summed E-state index contributed by atoms with van der Waals surface area (Å²) in [5.74, 6) is 0.457. The van der Waals surface area contributed by atoms with Crippen molar-refractivity contribution >= 4 is 17.5 Å². The zero-order valence-corrected chi connectivity index (χ0v) is 10.1. The van der Waals surface area contributed by atoms with Gasteiger partial charge in [-0.1, -0.05) is 19.8 Å². The van der Waals surface area contributed by atoms with Crippen LogP contribution in [-0.4, -0.2) is 23.6 Å². The van der Waals surface area contributed by atoms with Crippen LogP contribution in [0.1, 0.15) is 26.2 Å². The van der Waals surface area contributed by atoms with Crippen molar-refractivity contribution in [1.29, 1.82) is 0 Å². The van der Waals surface area contributed by atoms with Crippen LogP contribution in [0.4, 0.5) is 17.5 Å². The molecule has 0 spiro atoms. The standard InChI is InChI=1S/C10H17N5O2/c1-3-4-5-6-17-9-7(15-16)8(11)13-10(12-2)14-9/h3-6H2,1-2H3,(H3,11,12,13,14). The van der Waals surface area contributed by atoms with E-state index in [2.05, 4.69) is 27.4 Å². The van der Waals surface area contributed by atoms with Gasteiger partial charge in [-0.2, -0.15) is 9.97 Å². The average Bonchev–Trinajstić information content (AvgIpc) is 2.34. The highest BCUT2D eigenvalue weighted by Crippen LogP contribution is 2.31. The van der Waals surface area contributed by atoms with Crippen LogP contribution in [0.25, 0.3) is 0 Å². The van der Waals surface area contributed by atoms with E-state index in [0.717, 1.165) is 19.3 Å². The van der Waals surface area contributed by atoms with Crippen molar-refractivity contribution in [3.8, 4) is 5.88 Å². The predicted octanol–water partition coefficient (Wildman–Crippen LogP) is 2.07.